The molecule has 0 bridgehead atoms. The van der Waals surface area contributed by atoms with E-state index in [-0.39, 0.29) is 25.2 Å². The van der Waals surface area contributed by atoms with Crippen LogP contribution in [0.1, 0.15) is 296 Å². The number of carbonyl (C=O) groups is 2. The van der Waals surface area contributed by atoms with E-state index in [4.69, 9.17) is 9.47 Å². The SMILES string of the molecule is CC/C=C\C/C=C\C/C=C\C/C=C\C/C=C\C/C=C\CCCCCCCCCCCCC(=O)OC(CO)COC(=O)CCCCCCCCCCCCCCCCCCC/C=C\C/C=C\CCCCCCC. The fourth-order valence-corrected chi connectivity index (χ4v) is 8.77. The van der Waals surface area contributed by atoms with Crippen LogP contribution in [0.4, 0.5) is 0 Å². The molecule has 0 aromatic rings. The van der Waals surface area contributed by atoms with Gasteiger partial charge in [0, 0.05) is 12.8 Å². The molecule has 0 aliphatic heterocycles. The second kappa shape index (κ2) is 62.1. The third kappa shape index (κ3) is 59.4. The molecule has 1 atom stereocenters. The smallest absolute Gasteiger partial charge is 0.306 e. The van der Waals surface area contributed by atoms with Gasteiger partial charge in [-0.25, -0.2) is 0 Å². The number of ether oxygens (including phenoxy) is 2. The van der Waals surface area contributed by atoms with E-state index in [9.17, 15) is 14.7 Å². The molecular formula is C67H116O5. The number of aliphatic hydroxyl groups is 1. The molecule has 0 amide bonds. The standard InChI is InChI=1S/C67H116O5/c1-3-5-7-9-11-13-15-17-19-21-23-25-27-29-31-33-35-37-39-41-43-45-47-49-51-53-55-57-59-61-66(69)71-64-65(63-68)72-67(70)62-60-58-56-54-52-50-48-46-44-42-40-38-36-34-32-30-28-26-24-22-20-18-16-14-12-10-8-6-4-2/h6,8,12,14-15,17-18,20-21,23-24,26,30,32,36,38,65,68H,3-5,7,9-11,13,16,19,22,25,27-29,31,33-35,37,39-64H2,1-2H3/b8-6-,14-12-,17-15-,20-18-,23-21-,26-24-,32-30-,38-36-. The van der Waals surface area contributed by atoms with E-state index in [0.29, 0.717) is 12.8 Å². The first-order valence-electron chi connectivity index (χ1n) is 30.8. The summed E-state index contributed by atoms with van der Waals surface area (Å²) >= 11 is 0. The highest BCUT2D eigenvalue weighted by molar-refractivity contribution is 5.70. The van der Waals surface area contributed by atoms with Crippen molar-refractivity contribution in [2.45, 2.75) is 302 Å². The Balaban J connectivity index is 3.49. The van der Waals surface area contributed by atoms with Gasteiger partial charge in [0.2, 0.25) is 0 Å². The Bertz CT molecular complexity index is 1360. The molecular weight excluding hydrogens is 885 g/mol. The molecule has 0 aromatic carbocycles. The summed E-state index contributed by atoms with van der Waals surface area (Å²) in [7, 11) is 0. The summed E-state index contributed by atoms with van der Waals surface area (Å²) in [5, 5.41) is 9.68. The van der Waals surface area contributed by atoms with Crippen LogP contribution in [0.2, 0.25) is 0 Å². The lowest BCUT2D eigenvalue weighted by atomic mass is 10.0. The molecule has 5 nitrogen and oxygen atoms in total. The third-order valence-corrected chi connectivity index (χ3v) is 13.4. The number of rotatable bonds is 56. The summed E-state index contributed by atoms with van der Waals surface area (Å²) in [4.78, 5) is 24.6. The first kappa shape index (κ1) is 68.8. The molecule has 1 unspecified atom stereocenters. The topological polar surface area (TPSA) is 72.8 Å². The minimum Gasteiger partial charge on any atom is -0.462 e. The molecule has 0 aliphatic carbocycles. The molecule has 0 aliphatic rings. The Morgan fingerprint density at radius 3 is 0.903 bits per heavy atom. The quantitative estimate of drug-likeness (QED) is 0.0373. The lowest BCUT2D eigenvalue weighted by Gasteiger charge is -2.15. The largest absolute Gasteiger partial charge is 0.462 e. The number of hydrogen-bond acceptors (Lipinski definition) is 5. The van der Waals surface area contributed by atoms with Crippen LogP contribution in [0.3, 0.4) is 0 Å². The van der Waals surface area contributed by atoms with Gasteiger partial charge in [0.15, 0.2) is 6.10 Å². The minimum absolute atomic E-state index is 0.0696. The molecule has 0 fully saturated rings. The van der Waals surface area contributed by atoms with Crippen LogP contribution in [0.15, 0.2) is 97.2 Å². The van der Waals surface area contributed by atoms with Crippen LogP contribution in [0.5, 0.6) is 0 Å². The predicted molar refractivity (Wildman–Crippen MR) is 316 cm³/mol. The summed E-state index contributed by atoms with van der Waals surface area (Å²) < 4.78 is 10.7. The first-order valence-corrected chi connectivity index (χ1v) is 30.8. The van der Waals surface area contributed by atoms with E-state index in [0.717, 1.165) is 83.5 Å². The molecule has 0 radical (unpaired) electrons. The summed E-state index contributed by atoms with van der Waals surface area (Å²) in [6, 6.07) is 0. The number of aliphatic hydroxyl groups excluding tert-OH is 1. The Morgan fingerprint density at radius 2 is 0.597 bits per heavy atom. The molecule has 0 aromatic heterocycles. The van der Waals surface area contributed by atoms with Crippen LogP contribution >= 0.6 is 0 Å². The lowest BCUT2D eigenvalue weighted by Crippen LogP contribution is -2.28. The molecule has 0 heterocycles. The lowest BCUT2D eigenvalue weighted by molar-refractivity contribution is -0.161. The molecule has 0 rings (SSSR count). The van der Waals surface area contributed by atoms with Crippen LogP contribution in [0, 0.1) is 0 Å². The average molecular weight is 1000 g/mol. The van der Waals surface area contributed by atoms with Crippen LogP contribution in [0.25, 0.3) is 0 Å². The maximum Gasteiger partial charge on any atom is 0.306 e. The van der Waals surface area contributed by atoms with Gasteiger partial charge in [0.25, 0.3) is 0 Å². The van der Waals surface area contributed by atoms with Gasteiger partial charge < -0.3 is 14.6 Å². The van der Waals surface area contributed by atoms with Gasteiger partial charge in [0.05, 0.1) is 6.61 Å². The first-order chi connectivity index (χ1) is 35.6. The molecule has 1 N–H and O–H groups in total. The monoisotopic (exact) mass is 1000 g/mol. The molecule has 72 heavy (non-hydrogen) atoms. The van der Waals surface area contributed by atoms with E-state index in [1.807, 2.05) is 0 Å². The number of unbranched alkanes of at least 4 members (excludes halogenated alkanes) is 32. The second-order valence-electron chi connectivity index (χ2n) is 20.4. The van der Waals surface area contributed by atoms with E-state index in [2.05, 4.69) is 111 Å². The van der Waals surface area contributed by atoms with Crippen molar-refractivity contribution in [1.82, 2.24) is 0 Å². The maximum absolute atomic E-state index is 12.3. The second-order valence-corrected chi connectivity index (χ2v) is 20.4. The Hall–Kier alpha value is -3.18. The molecule has 0 saturated heterocycles. The van der Waals surface area contributed by atoms with Crippen molar-refractivity contribution >= 4 is 11.9 Å². The van der Waals surface area contributed by atoms with Crippen molar-refractivity contribution in [1.29, 1.82) is 0 Å². The highest BCUT2D eigenvalue weighted by atomic mass is 16.6. The summed E-state index contributed by atoms with van der Waals surface area (Å²) in [5.41, 5.74) is 0. The van der Waals surface area contributed by atoms with E-state index >= 15 is 0 Å². The summed E-state index contributed by atoms with van der Waals surface area (Å²) in [6.45, 7) is 4.04. The normalized spacial score (nSPS) is 12.9. The van der Waals surface area contributed by atoms with Gasteiger partial charge >= 0.3 is 11.9 Å². The maximum atomic E-state index is 12.3. The molecule has 0 saturated carbocycles. The zero-order valence-corrected chi connectivity index (χ0v) is 47.4. The van der Waals surface area contributed by atoms with Crippen molar-refractivity contribution in [2.24, 2.45) is 0 Å². The zero-order chi connectivity index (χ0) is 52.0. The molecule has 0 spiro atoms. The summed E-state index contributed by atoms with van der Waals surface area (Å²) in [5.74, 6) is -0.589. The number of hydrogen-bond donors (Lipinski definition) is 1. The van der Waals surface area contributed by atoms with Crippen LogP contribution in [-0.4, -0.2) is 36.4 Å². The van der Waals surface area contributed by atoms with Gasteiger partial charge in [-0.05, 0) is 96.3 Å². The number of esters is 2. The Kier molecular flexibility index (Phi) is 59.4. The van der Waals surface area contributed by atoms with Gasteiger partial charge in [-0.15, -0.1) is 0 Å². The van der Waals surface area contributed by atoms with Gasteiger partial charge in [-0.3, -0.25) is 9.59 Å². The fourth-order valence-electron chi connectivity index (χ4n) is 8.77. The van der Waals surface area contributed by atoms with Crippen molar-refractivity contribution in [3.05, 3.63) is 97.2 Å². The van der Waals surface area contributed by atoms with Crippen molar-refractivity contribution < 1.29 is 24.2 Å². The highest BCUT2D eigenvalue weighted by Gasteiger charge is 2.16. The number of allylic oxidation sites excluding steroid dienone is 16. The zero-order valence-electron chi connectivity index (χ0n) is 47.4. The predicted octanol–water partition coefficient (Wildman–Crippen LogP) is 21.1. The van der Waals surface area contributed by atoms with E-state index in [1.165, 1.54) is 186 Å². The number of carbonyl (C=O) groups excluding carboxylic acids is 2. The van der Waals surface area contributed by atoms with Gasteiger partial charge in [-0.2, -0.15) is 0 Å². The summed E-state index contributed by atoms with van der Waals surface area (Å²) in [6.07, 6.45) is 88.2. The highest BCUT2D eigenvalue weighted by Crippen LogP contribution is 2.16. The van der Waals surface area contributed by atoms with Crippen LogP contribution in [-0.2, 0) is 19.1 Å². The fraction of sp³-hybridized carbons (Fsp3) is 0.731. The molecule has 414 valence electrons. The molecule has 5 heteroatoms. The van der Waals surface area contributed by atoms with Gasteiger partial charge in [-0.1, -0.05) is 284 Å². The van der Waals surface area contributed by atoms with E-state index < -0.39 is 6.10 Å². The van der Waals surface area contributed by atoms with Crippen molar-refractivity contribution in [3.8, 4) is 0 Å². The Morgan fingerprint density at radius 1 is 0.333 bits per heavy atom. The average Bonchev–Trinajstić information content (AvgIpc) is 3.38. The third-order valence-electron chi connectivity index (χ3n) is 13.4. The van der Waals surface area contributed by atoms with Crippen molar-refractivity contribution in [2.75, 3.05) is 13.2 Å². The van der Waals surface area contributed by atoms with Crippen molar-refractivity contribution in [3.63, 3.8) is 0 Å². The van der Waals surface area contributed by atoms with Crippen LogP contribution < -0.4 is 0 Å². The minimum atomic E-state index is -0.780. The van der Waals surface area contributed by atoms with E-state index in [1.54, 1.807) is 0 Å². The Labute approximate surface area is 447 Å². The van der Waals surface area contributed by atoms with Gasteiger partial charge in [0.1, 0.15) is 6.61 Å².